The van der Waals surface area contributed by atoms with Crippen LogP contribution in [-0.4, -0.2) is 16.4 Å². The van der Waals surface area contributed by atoms with Crippen LogP contribution in [0.3, 0.4) is 0 Å². The van der Waals surface area contributed by atoms with Crippen molar-refractivity contribution in [2.24, 2.45) is 5.41 Å². The molecular formula is C19H28N2OS. The summed E-state index contributed by atoms with van der Waals surface area (Å²) in [7, 11) is 0. The zero-order chi connectivity index (χ0) is 17.1. The van der Waals surface area contributed by atoms with Crippen molar-refractivity contribution < 1.29 is 4.79 Å². The van der Waals surface area contributed by atoms with Crippen molar-refractivity contribution in [1.82, 2.24) is 10.3 Å². The fraction of sp³-hybridized carbons (Fsp3) is 0.579. The van der Waals surface area contributed by atoms with Crippen LogP contribution in [0.4, 0.5) is 0 Å². The van der Waals surface area contributed by atoms with Crippen LogP contribution >= 0.6 is 11.3 Å². The van der Waals surface area contributed by atoms with E-state index in [0.29, 0.717) is 6.42 Å². The van der Waals surface area contributed by atoms with Crippen molar-refractivity contribution >= 4 is 27.5 Å². The summed E-state index contributed by atoms with van der Waals surface area (Å²) in [6.07, 6.45) is 3.23. The molecule has 1 N–H and O–H groups in total. The number of aromatic nitrogens is 1. The van der Waals surface area contributed by atoms with Gasteiger partial charge in [0.1, 0.15) is 0 Å². The van der Waals surface area contributed by atoms with E-state index >= 15 is 0 Å². The smallest absolute Gasteiger partial charge is 0.220 e. The summed E-state index contributed by atoms with van der Waals surface area (Å²) in [6.45, 7) is 10.8. The lowest BCUT2D eigenvalue weighted by atomic mass is 9.82. The predicted molar refractivity (Wildman–Crippen MR) is 98.9 cm³/mol. The van der Waals surface area contributed by atoms with Crippen LogP contribution in [0.25, 0.3) is 10.2 Å². The Bertz CT molecular complexity index is 634. The molecule has 0 saturated carbocycles. The third-order valence-corrected chi connectivity index (χ3v) is 4.68. The van der Waals surface area contributed by atoms with Gasteiger partial charge in [0.25, 0.3) is 0 Å². The number of rotatable bonds is 6. The Labute approximate surface area is 143 Å². The quantitative estimate of drug-likeness (QED) is 0.813. The lowest BCUT2D eigenvalue weighted by molar-refractivity contribution is -0.123. The monoisotopic (exact) mass is 332 g/mol. The maximum Gasteiger partial charge on any atom is 0.220 e. The lowest BCUT2D eigenvalue weighted by Gasteiger charge is -2.33. The Kier molecular flexibility index (Phi) is 5.45. The third-order valence-electron chi connectivity index (χ3n) is 3.58. The van der Waals surface area contributed by atoms with Crippen molar-refractivity contribution in [3.05, 3.63) is 29.3 Å². The molecule has 0 atom stereocenters. The second kappa shape index (κ2) is 7.00. The van der Waals surface area contributed by atoms with Crippen LogP contribution in [0.1, 0.15) is 58.9 Å². The van der Waals surface area contributed by atoms with Gasteiger partial charge in [0.05, 0.1) is 15.2 Å². The second-order valence-electron chi connectivity index (χ2n) is 8.10. The van der Waals surface area contributed by atoms with Gasteiger partial charge in [-0.1, -0.05) is 32.9 Å². The minimum Gasteiger partial charge on any atom is -0.351 e. The fourth-order valence-electron chi connectivity index (χ4n) is 3.24. The highest BCUT2D eigenvalue weighted by molar-refractivity contribution is 7.18. The van der Waals surface area contributed by atoms with Gasteiger partial charge in [-0.3, -0.25) is 4.79 Å². The van der Waals surface area contributed by atoms with Gasteiger partial charge >= 0.3 is 0 Å². The zero-order valence-electron chi connectivity index (χ0n) is 14.9. The first-order chi connectivity index (χ1) is 10.6. The predicted octanol–water partition coefficient (Wildman–Crippen LogP) is 4.95. The van der Waals surface area contributed by atoms with Crippen LogP contribution in [0.15, 0.2) is 24.3 Å². The molecule has 23 heavy (non-hydrogen) atoms. The number of amides is 1. The molecule has 1 heterocycles. The summed E-state index contributed by atoms with van der Waals surface area (Å²) < 4.78 is 1.22. The lowest BCUT2D eigenvalue weighted by Crippen LogP contribution is -2.45. The molecule has 2 rings (SSSR count). The van der Waals surface area contributed by atoms with Crippen molar-refractivity contribution in [3.63, 3.8) is 0 Å². The van der Waals surface area contributed by atoms with Crippen molar-refractivity contribution in [3.8, 4) is 0 Å². The molecule has 0 bridgehead atoms. The number of aryl methyl sites for hydroxylation is 1. The normalized spacial score (nSPS) is 12.6. The van der Waals surface area contributed by atoms with E-state index in [1.807, 2.05) is 18.2 Å². The Balaban J connectivity index is 1.80. The number of fused-ring (bicyclic) bond motifs is 1. The van der Waals surface area contributed by atoms with E-state index in [2.05, 4.69) is 51.0 Å². The van der Waals surface area contributed by atoms with Crippen LogP contribution in [0, 0.1) is 5.41 Å². The SMILES string of the molecule is CC(C)(C)CC(C)(C)NC(=O)CCCc1nc2ccccc2s1. The van der Waals surface area contributed by atoms with Gasteiger partial charge in [-0.2, -0.15) is 0 Å². The van der Waals surface area contributed by atoms with Crippen molar-refractivity contribution in [2.75, 3.05) is 0 Å². The molecule has 1 aromatic carbocycles. The number of carbonyl (C=O) groups is 1. The molecule has 0 aliphatic rings. The first kappa shape index (κ1) is 17.9. The van der Waals surface area contributed by atoms with Crippen LogP contribution in [0.2, 0.25) is 0 Å². The van der Waals surface area contributed by atoms with Gasteiger partial charge in [-0.05, 0) is 50.7 Å². The molecule has 1 amide bonds. The average molecular weight is 333 g/mol. The van der Waals surface area contributed by atoms with E-state index in [-0.39, 0.29) is 16.9 Å². The summed E-state index contributed by atoms with van der Waals surface area (Å²) in [5, 5.41) is 4.29. The molecule has 0 aliphatic carbocycles. The third kappa shape index (κ3) is 5.94. The Morgan fingerprint density at radius 3 is 2.52 bits per heavy atom. The van der Waals surface area contributed by atoms with Crippen molar-refractivity contribution in [1.29, 1.82) is 0 Å². The molecule has 0 fully saturated rings. The Morgan fingerprint density at radius 2 is 1.87 bits per heavy atom. The number of nitrogens with zero attached hydrogens (tertiary/aromatic N) is 1. The van der Waals surface area contributed by atoms with E-state index in [0.717, 1.165) is 29.8 Å². The molecule has 0 spiro atoms. The van der Waals surface area contributed by atoms with Gasteiger partial charge in [-0.25, -0.2) is 4.98 Å². The minimum absolute atomic E-state index is 0.139. The molecule has 0 saturated heterocycles. The zero-order valence-corrected chi connectivity index (χ0v) is 15.7. The van der Waals surface area contributed by atoms with Crippen LogP contribution < -0.4 is 5.32 Å². The van der Waals surface area contributed by atoms with Crippen molar-refractivity contribution in [2.45, 2.75) is 65.8 Å². The number of hydrogen-bond donors (Lipinski definition) is 1. The highest BCUT2D eigenvalue weighted by Crippen LogP contribution is 2.27. The molecule has 4 heteroatoms. The molecule has 3 nitrogen and oxygen atoms in total. The van der Waals surface area contributed by atoms with Crippen LogP contribution in [-0.2, 0) is 11.2 Å². The number of benzene rings is 1. The standard InChI is InChI=1S/C19H28N2OS/c1-18(2,3)13-19(4,5)21-16(22)11-8-12-17-20-14-9-6-7-10-15(14)23-17/h6-7,9-10H,8,11-13H2,1-5H3,(H,21,22). The average Bonchev–Trinajstić information content (AvgIpc) is 2.77. The van der Waals surface area contributed by atoms with Gasteiger partial charge in [0.15, 0.2) is 0 Å². The first-order valence-corrected chi connectivity index (χ1v) is 9.12. The molecule has 126 valence electrons. The maximum absolute atomic E-state index is 12.2. The van der Waals surface area contributed by atoms with E-state index in [9.17, 15) is 4.79 Å². The molecule has 2 aromatic rings. The van der Waals surface area contributed by atoms with Gasteiger partial charge in [0.2, 0.25) is 5.91 Å². The molecule has 0 unspecified atom stereocenters. The van der Waals surface area contributed by atoms with E-state index < -0.39 is 0 Å². The summed E-state index contributed by atoms with van der Waals surface area (Å²) in [4.78, 5) is 16.8. The fourth-order valence-corrected chi connectivity index (χ4v) is 4.25. The summed E-state index contributed by atoms with van der Waals surface area (Å²) in [6, 6.07) is 8.18. The highest BCUT2D eigenvalue weighted by Gasteiger charge is 2.26. The largest absolute Gasteiger partial charge is 0.351 e. The number of hydrogen-bond acceptors (Lipinski definition) is 3. The number of thiazole rings is 1. The number of para-hydroxylation sites is 1. The Hall–Kier alpha value is -1.42. The van der Waals surface area contributed by atoms with Gasteiger partial charge in [-0.15, -0.1) is 11.3 Å². The molecule has 0 radical (unpaired) electrons. The van der Waals surface area contributed by atoms with Gasteiger partial charge < -0.3 is 5.32 Å². The molecule has 0 aliphatic heterocycles. The Morgan fingerprint density at radius 1 is 1.17 bits per heavy atom. The van der Waals surface area contributed by atoms with Crippen LogP contribution in [0.5, 0.6) is 0 Å². The number of carbonyl (C=O) groups excluding carboxylic acids is 1. The first-order valence-electron chi connectivity index (χ1n) is 8.30. The minimum atomic E-state index is -0.162. The number of nitrogens with one attached hydrogen (secondary N) is 1. The van der Waals surface area contributed by atoms with E-state index in [1.165, 1.54) is 4.70 Å². The van der Waals surface area contributed by atoms with E-state index in [4.69, 9.17) is 0 Å². The summed E-state index contributed by atoms with van der Waals surface area (Å²) >= 11 is 1.73. The molecular weight excluding hydrogens is 304 g/mol. The van der Waals surface area contributed by atoms with Gasteiger partial charge in [0, 0.05) is 12.0 Å². The van der Waals surface area contributed by atoms with E-state index in [1.54, 1.807) is 11.3 Å². The summed E-state index contributed by atoms with van der Waals surface area (Å²) in [5.41, 5.74) is 1.10. The topological polar surface area (TPSA) is 42.0 Å². The highest BCUT2D eigenvalue weighted by atomic mass is 32.1. The molecule has 1 aromatic heterocycles. The second-order valence-corrected chi connectivity index (χ2v) is 9.21. The maximum atomic E-state index is 12.2. The summed E-state index contributed by atoms with van der Waals surface area (Å²) in [5.74, 6) is 0.139.